The summed E-state index contributed by atoms with van der Waals surface area (Å²) in [6.45, 7) is 7.34. The van der Waals surface area contributed by atoms with Gasteiger partial charge in [-0.2, -0.15) is 0 Å². The Labute approximate surface area is 126 Å². The fourth-order valence-corrected chi connectivity index (χ4v) is 2.34. The largest absolute Gasteiger partial charge is 0.444 e. The van der Waals surface area contributed by atoms with E-state index in [4.69, 9.17) is 16.3 Å². The quantitative estimate of drug-likeness (QED) is 0.811. The van der Waals surface area contributed by atoms with Crippen LogP contribution in [0.5, 0.6) is 0 Å². The summed E-state index contributed by atoms with van der Waals surface area (Å²) >= 11 is 5.53. The number of hydrogen-bond acceptors (Lipinski definition) is 3. The number of nitrogens with one attached hydrogen (secondary N) is 1. The third-order valence-corrected chi connectivity index (χ3v) is 3.25. The molecule has 0 saturated carbocycles. The van der Waals surface area contributed by atoms with Gasteiger partial charge in [0.05, 0.1) is 0 Å². The lowest BCUT2D eigenvalue weighted by atomic mass is 9.94. The molecule has 1 heterocycles. The maximum absolute atomic E-state index is 12.0. The molecule has 1 aliphatic rings. The fraction of sp³-hybridized carbons (Fsp3) is 0.857. The van der Waals surface area contributed by atoms with E-state index in [0.717, 1.165) is 12.8 Å². The molecule has 1 aliphatic heterocycles. The van der Waals surface area contributed by atoms with Crippen molar-refractivity contribution in [2.75, 3.05) is 25.5 Å². The van der Waals surface area contributed by atoms with Gasteiger partial charge >= 0.3 is 6.09 Å². The third-order valence-electron chi connectivity index (χ3n) is 3.06. The van der Waals surface area contributed by atoms with E-state index in [0.29, 0.717) is 31.9 Å². The molecule has 1 N–H and O–H groups in total. The van der Waals surface area contributed by atoms with E-state index < -0.39 is 5.60 Å². The van der Waals surface area contributed by atoms with E-state index in [9.17, 15) is 9.59 Å². The van der Waals surface area contributed by atoms with Crippen molar-refractivity contribution in [2.45, 2.75) is 45.6 Å². The van der Waals surface area contributed by atoms with E-state index in [-0.39, 0.29) is 17.9 Å². The highest BCUT2D eigenvalue weighted by molar-refractivity contribution is 6.18. The van der Waals surface area contributed by atoms with Crippen LogP contribution in [-0.4, -0.2) is 48.0 Å². The summed E-state index contributed by atoms with van der Waals surface area (Å²) in [5.41, 5.74) is -0.484. The molecule has 1 atom stereocenters. The number of halogens is 1. The molecule has 0 bridgehead atoms. The van der Waals surface area contributed by atoms with Crippen LogP contribution in [-0.2, 0) is 9.53 Å². The predicted octanol–water partition coefficient (Wildman–Crippen LogP) is 2.38. The van der Waals surface area contributed by atoms with E-state index in [1.165, 1.54) is 0 Å². The zero-order chi connectivity index (χ0) is 15.2. The molecular formula is C14H25ClN2O3. The average Bonchev–Trinajstić information content (AvgIpc) is 2.34. The number of nitrogens with zero attached hydrogens (tertiary/aromatic N) is 1. The molecule has 116 valence electrons. The van der Waals surface area contributed by atoms with Crippen molar-refractivity contribution in [1.29, 1.82) is 0 Å². The molecule has 0 spiro atoms. The Balaban J connectivity index is 2.42. The molecule has 6 heteroatoms. The predicted molar refractivity (Wildman–Crippen MR) is 78.9 cm³/mol. The molecule has 5 nitrogen and oxygen atoms in total. The second kappa shape index (κ2) is 7.72. The van der Waals surface area contributed by atoms with Gasteiger partial charge in [-0.15, -0.1) is 11.6 Å². The SMILES string of the molecule is CC(C)(C)OC(=O)N1CCC[C@@H](CC(=O)NCCCl)C1. The lowest BCUT2D eigenvalue weighted by Crippen LogP contribution is -2.44. The van der Waals surface area contributed by atoms with Crippen LogP contribution in [0.1, 0.15) is 40.0 Å². The Morgan fingerprint density at radius 1 is 1.40 bits per heavy atom. The standard InChI is InChI=1S/C14H25ClN2O3/c1-14(2,3)20-13(19)17-8-4-5-11(10-17)9-12(18)16-7-6-15/h11H,4-10H2,1-3H3,(H,16,18)/t11-/m0/s1. The molecule has 2 amide bonds. The van der Waals surface area contributed by atoms with E-state index in [2.05, 4.69) is 5.32 Å². The van der Waals surface area contributed by atoms with Crippen LogP contribution in [0.2, 0.25) is 0 Å². The lowest BCUT2D eigenvalue weighted by molar-refractivity contribution is -0.122. The van der Waals surface area contributed by atoms with Gasteiger partial charge in [-0.05, 0) is 39.5 Å². The lowest BCUT2D eigenvalue weighted by Gasteiger charge is -2.33. The number of carbonyl (C=O) groups excluding carboxylic acids is 2. The smallest absolute Gasteiger partial charge is 0.410 e. The second-order valence-corrected chi connectivity index (χ2v) is 6.56. The first-order chi connectivity index (χ1) is 9.31. The van der Waals surface area contributed by atoms with Crippen LogP contribution in [0.3, 0.4) is 0 Å². The van der Waals surface area contributed by atoms with E-state index in [1.54, 1.807) is 4.90 Å². The molecule has 0 aromatic carbocycles. The maximum atomic E-state index is 12.0. The van der Waals surface area contributed by atoms with Gasteiger partial charge in [0.25, 0.3) is 0 Å². The number of amides is 2. The molecule has 0 radical (unpaired) electrons. The van der Waals surface area contributed by atoms with Gasteiger partial charge in [0.1, 0.15) is 5.60 Å². The minimum Gasteiger partial charge on any atom is -0.444 e. The number of ether oxygens (including phenoxy) is 1. The maximum Gasteiger partial charge on any atom is 0.410 e. The van der Waals surface area contributed by atoms with Crippen LogP contribution in [0, 0.1) is 5.92 Å². The molecule has 0 aliphatic carbocycles. The number of hydrogen-bond donors (Lipinski definition) is 1. The molecular weight excluding hydrogens is 280 g/mol. The van der Waals surface area contributed by atoms with Gasteiger partial charge < -0.3 is 15.0 Å². The summed E-state index contributed by atoms with van der Waals surface area (Å²) in [5.74, 6) is 0.619. The summed E-state index contributed by atoms with van der Waals surface area (Å²) in [6.07, 6.45) is 2.03. The van der Waals surface area contributed by atoms with Crippen LogP contribution < -0.4 is 5.32 Å². The zero-order valence-corrected chi connectivity index (χ0v) is 13.3. The molecule has 20 heavy (non-hydrogen) atoms. The molecule has 0 aromatic heterocycles. The van der Waals surface area contributed by atoms with Crippen LogP contribution in [0.15, 0.2) is 0 Å². The van der Waals surface area contributed by atoms with Crippen molar-refractivity contribution < 1.29 is 14.3 Å². The molecule has 1 saturated heterocycles. The van der Waals surface area contributed by atoms with E-state index >= 15 is 0 Å². The topological polar surface area (TPSA) is 58.6 Å². The normalized spacial score (nSPS) is 19.6. The third kappa shape index (κ3) is 6.46. The zero-order valence-electron chi connectivity index (χ0n) is 12.6. The highest BCUT2D eigenvalue weighted by atomic mass is 35.5. The van der Waals surface area contributed by atoms with Gasteiger partial charge in [-0.25, -0.2) is 4.79 Å². The van der Waals surface area contributed by atoms with Gasteiger partial charge in [0.15, 0.2) is 0 Å². The van der Waals surface area contributed by atoms with Gasteiger partial charge in [-0.3, -0.25) is 4.79 Å². The molecule has 1 rings (SSSR count). The molecule has 0 unspecified atom stereocenters. The average molecular weight is 305 g/mol. The Hall–Kier alpha value is -0.970. The van der Waals surface area contributed by atoms with Gasteiger partial charge in [-0.1, -0.05) is 0 Å². The van der Waals surface area contributed by atoms with Crippen molar-refractivity contribution in [2.24, 2.45) is 5.92 Å². The second-order valence-electron chi connectivity index (χ2n) is 6.18. The number of piperidine rings is 1. The van der Waals surface area contributed by atoms with Crippen LogP contribution >= 0.6 is 11.6 Å². The summed E-state index contributed by atoms with van der Waals surface area (Å²) < 4.78 is 5.36. The summed E-state index contributed by atoms with van der Waals surface area (Å²) in [5, 5.41) is 2.76. The fourth-order valence-electron chi connectivity index (χ4n) is 2.25. The first-order valence-electron chi connectivity index (χ1n) is 7.12. The van der Waals surface area contributed by atoms with Crippen LogP contribution in [0.4, 0.5) is 4.79 Å². The van der Waals surface area contributed by atoms with Crippen molar-refractivity contribution in [3.8, 4) is 0 Å². The summed E-state index contributed by atoms with van der Waals surface area (Å²) in [6, 6.07) is 0. The number of carbonyl (C=O) groups is 2. The van der Waals surface area contributed by atoms with Crippen LogP contribution in [0.25, 0.3) is 0 Å². The van der Waals surface area contributed by atoms with Crippen molar-refractivity contribution in [1.82, 2.24) is 10.2 Å². The van der Waals surface area contributed by atoms with Gasteiger partial charge in [0, 0.05) is 31.9 Å². The number of alkyl halides is 1. The number of rotatable bonds is 4. The van der Waals surface area contributed by atoms with Gasteiger partial charge in [0.2, 0.25) is 5.91 Å². The Kier molecular flexibility index (Phi) is 6.59. The van der Waals surface area contributed by atoms with Crippen molar-refractivity contribution >= 4 is 23.6 Å². The molecule has 1 fully saturated rings. The minimum absolute atomic E-state index is 0.00156. The Morgan fingerprint density at radius 3 is 2.70 bits per heavy atom. The van der Waals surface area contributed by atoms with Crippen molar-refractivity contribution in [3.63, 3.8) is 0 Å². The summed E-state index contributed by atoms with van der Waals surface area (Å²) in [4.78, 5) is 25.4. The number of likely N-dealkylation sites (tertiary alicyclic amines) is 1. The summed E-state index contributed by atoms with van der Waals surface area (Å²) in [7, 11) is 0. The Morgan fingerprint density at radius 2 is 2.10 bits per heavy atom. The first kappa shape index (κ1) is 17.1. The monoisotopic (exact) mass is 304 g/mol. The highest BCUT2D eigenvalue weighted by Crippen LogP contribution is 2.21. The first-order valence-corrected chi connectivity index (χ1v) is 7.66. The van der Waals surface area contributed by atoms with E-state index in [1.807, 2.05) is 20.8 Å². The van der Waals surface area contributed by atoms with Crippen molar-refractivity contribution in [3.05, 3.63) is 0 Å². The minimum atomic E-state index is -0.484. The highest BCUT2D eigenvalue weighted by Gasteiger charge is 2.28. The Bertz CT molecular complexity index is 342. The molecule has 0 aromatic rings.